The first-order valence-corrected chi connectivity index (χ1v) is 10.4. The van der Waals surface area contributed by atoms with Crippen molar-refractivity contribution in [2.75, 3.05) is 5.32 Å². The van der Waals surface area contributed by atoms with Crippen molar-refractivity contribution in [3.63, 3.8) is 0 Å². The first-order chi connectivity index (χ1) is 13.5. The number of fused-ring (bicyclic) bond motifs is 1. The van der Waals surface area contributed by atoms with Crippen molar-refractivity contribution in [3.05, 3.63) is 57.6 Å². The van der Waals surface area contributed by atoms with Crippen molar-refractivity contribution in [2.45, 2.75) is 45.1 Å². The lowest BCUT2D eigenvalue weighted by molar-refractivity contribution is 0.0907. The van der Waals surface area contributed by atoms with Gasteiger partial charge in [0.1, 0.15) is 5.52 Å². The second-order valence-electron chi connectivity index (χ2n) is 7.50. The summed E-state index contributed by atoms with van der Waals surface area (Å²) in [5, 5.41) is 4.69. The van der Waals surface area contributed by atoms with Crippen molar-refractivity contribution in [2.24, 2.45) is 5.92 Å². The van der Waals surface area contributed by atoms with E-state index in [0.29, 0.717) is 21.6 Å². The molecule has 1 aliphatic carbocycles. The Balaban J connectivity index is 1.42. The number of rotatable bonds is 4. The van der Waals surface area contributed by atoms with E-state index >= 15 is 0 Å². The molecule has 4 nitrogen and oxygen atoms in total. The lowest BCUT2D eigenvalue weighted by Gasteiger charge is -2.16. The van der Waals surface area contributed by atoms with Crippen LogP contribution in [0.2, 0.25) is 10.0 Å². The smallest absolute Gasteiger partial charge is 0.295 e. The Labute approximate surface area is 174 Å². The number of oxazole rings is 1. The molecule has 1 unspecified atom stereocenters. The molecule has 1 heterocycles. The van der Waals surface area contributed by atoms with Crippen molar-refractivity contribution in [1.29, 1.82) is 0 Å². The van der Waals surface area contributed by atoms with Gasteiger partial charge >= 0.3 is 0 Å². The highest BCUT2D eigenvalue weighted by molar-refractivity contribution is 6.31. The lowest BCUT2D eigenvalue weighted by atomic mass is 9.89. The van der Waals surface area contributed by atoms with Crippen LogP contribution in [0, 0.1) is 12.8 Å². The van der Waals surface area contributed by atoms with E-state index in [1.165, 1.54) is 0 Å². The van der Waals surface area contributed by atoms with Crippen LogP contribution in [0.25, 0.3) is 11.1 Å². The van der Waals surface area contributed by atoms with E-state index in [2.05, 4.69) is 10.3 Å². The van der Waals surface area contributed by atoms with Crippen LogP contribution >= 0.6 is 23.2 Å². The Kier molecular flexibility index (Phi) is 5.61. The Bertz CT molecular complexity index is 1010. The van der Waals surface area contributed by atoms with E-state index in [0.717, 1.165) is 48.7 Å². The Hall–Kier alpha value is -2.04. The van der Waals surface area contributed by atoms with Gasteiger partial charge in [-0.3, -0.25) is 4.79 Å². The van der Waals surface area contributed by atoms with Crippen LogP contribution in [-0.2, 0) is 0 Å². The molecule has 28 heavy (non-hydrogen) atoms. The minimum absolute atomic E-state index is 0.0501. The highest BCUT2D eigenvalue weighted by atomic mass is 35.5. The van der Waals surface area contributed by atoms with Crippen LogP contribution in [-0.4, -0.2) is 16.8 Å². The van der Waals surface area contributed by atoms with Crippen LogP contribution in [0.4, 0.5) is 6.01 Å². The number of carbonyl (C=O) groups is 1. The highest BCUT2D eigenvalue weighted by Crippen LogP contribution is 2.30. The second-order valence-corrected chi connectivity index (χ2v) is 8.37. The molecule has 6 heteroatoms. The van der Waals surface area contributed by atoms with Gasteiger partial charge in [0.05, 0.1) is 0 Å². The topological polar surface area (TPSA) is 55.1 Å². The number of benzene rings is 2. The standard InChI is InChI=1S/C22H22Cl2N2O2/c1-13-11-15(23)6-9-18(13)21(27)14-3-2-4-17(8-5-14)25-22-26-19-10-7-16(24)12-20(19)28-22/h6-7,9-12,14,17H,2-5,8H2,1H3,(H,25,26)/t14?,17-/m0/s1. The molecular formula is C22H22Cl2N2O2. The maximum absolute atomic E-state index is 13.0. The molecule has 1 aliphatic rings. The molecule has 0 bridgehead atoms. The van der Waals surface area contributed by atoms with Crippen LogP contribution in [0.3, 0.4) is 0 Å². The molecule has 1 saturated carbocycles. The van der Waals surface area contributed by atoms with Gasteiger partial charge < -0.3 is 9.73 Å². The molecule has 1 aromatic heterocycles. The summed E-state index contributed by atoms with van der Waals surface area (Å²) < 4.78 is 5.78. The van der Waals surface area contributed by atoms with Crippen LogP contribution in [0.5, 0.6) is 0 Å². The van der Waals surface area contributed by atoms with Gasteiger partial charge in [0, 0.05) is 33.6 Å². The molecule has 3 aromatic rings. The minimum Gasteiger partial charge on any atom is -0.423 e. The zero-order valence-corrected chi connectivity index (χ0v) is 17.2. The Morgan fingerprint density at radius 2 is 1.86 bits per heavy atom. The lowest BCUT2D eigenvalue weighted by Crippen LogP contribution is -2.19. The predicted molar refractivity (Wildman–Crippen MR) is 114 cm³/mol. The molecule has 146 valence electrons. The highest BCUT2D eigenvalue weighted by Gasteiger charge is 2.26. The maximum Gasteiger partial charge on any atom is 0.295 e. The second kappa shape index (κ2) is 8.14. The van der Waals surface area contributed by atoms with Crippen molar-refractivity contribution in [3.8, 4) is 0 Å². The van der Waals surface area contributed by atoms with E-state index in [-0.39, 0.29) is 17.7 Å². The first-order valence-electron chi connectivity index (χ1n) is 9.62. The fourth-order valence-corrected chi connectivity index (χ4v) is 4.36. The molecule has 0 radical (unpaired) electrons. The Morgan fingerprint density at radius 3 is 2.68 bits per heavy atom. The number of Topliss-reactive ketones (excluding diaryl/α,β-unsaturated/α-hetero) is 1. The molecular weight excluding hydrogens is 395 g/mol. The van der Waals surface area contributed by atoms with Crippen LogP contribution in [0.1, 0.15) is 48.0 Å². The largest absolute Gasteiger partial charge is 0.423 e. The predicted octanol–water partition coefficient (Wildman–Crippen LogP) is 6.69. The van der Waals surface area contributed by atoms with Gasteiger partial charge in [-0.1, -0.05) is 29.6 Å². The zero-order valence-electron chi connectivity index (χ0n) is 15.7. The first kappa shape index (κ1) is 19.3. The average molecular weight is 417 g/mol. The number of anilines is 1. The minimum atomic E-state index is 0.0501. The summed E-state index contributed by atoms with van der Waals surface area (Å²) in [6.07, 6.45) is 4.64. The molecule has 1 N–H and O–H groups in total. The molecule has 0 amide bonds. The molecule has 0 aliphatic heterocycles. The van der Waals surface area contributed by atoms with Gasteiger partial charge in [-0.25, -0.2) is 0 Å². The SMILES string of the molecule is Cc1cc(Cl)ccc1C(=O)C1CCC[C@H](Nc2nc3ccc(Cl)cc3o2)CC1. The van der Waals surface area contributed by atoms with E-state index < -0.39 is 0 Å². The number of aromatic nitrogens is 1. The van der Waals surface area contributed by atoms with Crippen molar-refractivity contribution in [1.82, 2.24) is 4.98 Å². The van der Waals surface area contributed by atoms with Gasteiger partial charge in [-0.15, -0.1) is 0 Å². The molecule has 0 spiro atoms. The Morgan fingerprint density at radius 1 is 1.07 bits per heavy atom. The van der Waals surface area contributed by atoms with Crippen molar-refractivity contribution < 1.29 is 9.21 Å². The third kappa shape index (κ3) is 4.18. The fraction of sp³-hybridized carbons (Fsp3) is 0.364. The van der Waals surface area contributed by atoms with E-state index in [9.17, 15) is 4.79 Å². The van der Waals surface area contributed by atoms with E-state index in [4.69, 9.17) is 27.6 Å². The van der Waals surface area contributed by atoms with E-state index in [1.807, 2.05) is 25.1 Å². The number of nitrogens with zero attached hydrogens (tertiary/aromatic N) is 1. The normalized spacial score (nSPS) is 20.1. The number of nitrogens with one attached hydrogen (secondary N) is 1. The summed E-state index contributed by atoms with van der Waals surface area (Å²) in [5.41, 5.74) is 3.19. The third-order valence-corrected chi connectivity index (χ3v) is 5.94. The monoisotopic (exact) mass is 416 g/mol. The third-order valence-electron chi connectivity index (χ3n) is 5.47. The summed E-state index contributed by atoms with van der Waals surface area (Å²) in [7, 11) is 0. The van der Waals surface area contributed by atoms with Crippen molar-refractivity contribution >= 4 is 46.1 Å². The zero-order chi connectivity index (χ0) is 19.7. The summed E-state index contributed by atoms with van der Waals surface area (Å²) in [6.45, 7) is 1.94. The van der Waals surface area contributed by atoms with E-state index in [1.54, 1.807) is 18.2 Å². The summed E-state index contributed by atoms with van der Waals surface area (Å²) in [4.78, 5) is 17.5. The van der Waals surface area contributed by atoms with Crippen LogP contribution in [0.15, 0.2) is 40.8 Å². The number of hydrogen-bond donors (Lipinski definition) is 1. The molecule has 2 aromatic carbocycles. The van der Waals surface area contributed by atoms with Gasteiger partial charge in [0.15, 0.2) is 11.4 Å². The quantitative estimate of drug-likeness (QED) is 0.380. The molecule has 2 atom stereocenters. The van der Waals surface area contributed by atoms with Gasteiger partial charge in [0.2, 0.25) is 0 Å². The number of ketones is 1. The van der Waals surface area contributed by atoms with Gasteiger partial charge in [-0.05, 0) is 68.5 Å². The van der Waals surface area contributed by atoms with Gasteiger partial charge in [0.25, 0.3) is 6.01 Å². The number of carbonyl (C=O) groups excluding carboxylic acids is 1. The van der Waals surface area contributed by atoms with Gasteiger partial charge in [-0.2, -0.15) is 4.98 Å². The number of aryl methyl sites for hydroxylation is 1. The molecule has 4 rings (SSSR count). The summed E-state index contributed by atoms with van der Waals surface area (Å²) in [5.74, 6) is 0.278. The van der Waals surface area contributed by atoms with Crippen LogP contribution < -0.4 is 5.32 Å². The summed E-state index contributed by atoms with van der Waals surface area (Å²) in [6, 6.07) is 11.7. The number of halogens is 2. The number of hydrogen-bond acceptors (Lipinski definition) is 4. The fourth-order valence-electron chi connectivity index (χ4n) is 3.97. The summed E-state index contributed by atoms with van der Waals surface area (Å²) >= 11 is 12.0. The molecule has 0 saturated heterocycles. The average Bonchev–Trinajstić information content (AvgIpc) is 2.89. The molecule has 1 fully saturated rings. The maximum atomic E-state index is 13.0.